The van der Waals surface area contributed by atoms with Gasteiger partial charge in [0.15, 0.2) is 0 Å². The van der Waals surface area contributed by atoms with Gasteiger partial charge in [-0.25, -0.2) is 0 Å². The van der Waals surface area contributed by atoms with Crippen molar-refractivity contribution in [2.24, 2.45) is 0 Å². The number of anilines is 2. The summed E-state index contributed by atoms with van der Waals surface area (Å²) < 4.78 is 5.12. The fourth-order valence-electron chi connectivity index (χ4n) is 2.25. The van der Waals surface area contributed by atoms with E-state index in [-0.39, 0.29) is 17.1 Å². The average Bonchev–Trinajstić information content (AvgIpc) is 2.56. The second kappa shape index (κ2) is 6.34. The van der Waals surface area contributed by atoms with E-state index in [4.69, 9.17) is 4.74 Å². The Bertz CT molecular complexity index is 776. The number of benzene rings is 2. The largest absolute Gasteiger partial charge is 0.497 e. The van der Waals surface area contributed by atoms with Crippen molar-refractivity contribution in [2.45, 2.75) is 17.1 Å². The summed E-state index contributed by atoms with van der Waals surface area (Å²) >= 11 is 1.51. The number of hydrogen-bond acceptors (Lipinski definition) is 4. The van der Waals surface area contributed by atoms with Crippen molar-refractivity contribution in [3.63, 3.8) is 0 Å². The molecule has 0 saturated heterocycles. The third-order valence-corrected chi connectivity index (χ3v) is 4.68. The Labute approximate surface area is 138 Å². The highest BCUT2D eigenvalue weighted by atomic mass is 32.2. The summed E-state index contributed by atoms with van der Waals surface area (Å²) in [5, 5.41) is 5.57. The number of hydrogen-bond donors (Lipinski definition) is 2. The van der Waals surface area contributed by atoms with Gasteiger partial charge in [-0.1, -0.05) is 6.07 Å². The predicted molar refractivity (Wildman–Crippen MR) is 91.3 cm³/mol. The Balaban J connectivity index is 1.79. The number of carbonyl (C=O) groups excluding carboxylic acids is 2. The third-order valence-electron chi connectivity index (χ3n) is 3.50. The van der Waals surface area contributed by atoms with Gasteiger partial charge in [-0.2, -0.15) is 0 Å². The van der Waals surface area contributed by atoms with Crippen molar-refractivity contribution in [1.29, 1.82) is 0 Å². The molecule has 0 aliphatic carbocycles. The number of carbonyl (C=O) groups is 2. The summed E-state index contributed by atoms with van der Waals surface area (Å²) in [5.41, 5.74) is 1.86. The molecule has 6 heteroatoms. The lowest BCUT2D eigenvalue weighted by Crippen LogP contribution is -2.26. The smallest absolute Gasteiger partial charge is 0.255 e. The Hall–Kier alpha value is -2.47. The molecule has 1 aliphatic rings. The molecule has 1 atom stereocenters. The Kier molecular flexibility index (Phi) is 4.25. The maximum absolute atomic E-state index is 12.3. The van der Waals surface area contributed by atoms with Crippen LogP contribution >= 0.6 is 11.8 Å². The van der Waals surface area contributed by atoms with Crippen LogP contribution in [0, 0.1) is 0 Å². The van der Waals surface area contributed by atoms with Gasteiger partial charge >= 0.3 is 0 Å². The summed E-state index contributed by atoms with van der Waals surface area (Å²) in [6, 6.07) is 12.4. The minimum Gasteiger partial charge on any atom is -0.497 e. The molecule has 118 valence electrons. The highest BCUT2D eigenvalue weighted by Crippen LogP contribution is 2.37. The van der Waals surface area contributed by atoms with Crippen LogP contribution in [0.5, 0.6) is 5.75 Å². The highest BCUT2D eigenvalue weighted by molar-refractivity contribution is 8.00. The van der Waals surface area contributed by atoms with Crippen molar-refractivity contribution in [1.82, 2.24) is 0 Å². The van der Waals surface area contributed by atoms with Crippen LogP contribution in [0.25, 0.3) is 0 Å². The van der Waals surface area contributed by atoms with E-state index in [1.165, 1.54) is 11.8 Å². The maximum Gasteiger partial charge on any atom is 0.255 e. The van der Waals surface area contributed by atoms with E-state index in [9.17, 15) is 9.59 Å². The Morgan fingerprint density at radius 3 is 2.87 bits per heavy atom. The molecule has 0 fully saturated rings. The molecular weight excluding hydrogens is 312 g/mol. The van der Waals surface area contributed by atoms with Crippen LogP contribution in [0.15, 0.2) is 47.4 Å². The van der Waals surface area contributed by atoms with E-state index in [0.717, 1.165) is 10.6 Å². The molecule has 2 aromatic carbocycles. The third kappa shape index (κ3) is 3.32. The molecule has 23 heavy (non-hydrogen) atoms. The lowest BCUT2D eigenvalue weighted by molar-refractivity contribution is -0.115. The fraction of sp³-hybridized carbons (Fsp3) is 0.176. The van der Waals surface area contributed by atoms with Crippen LogP contribution in [0.2, 0.25) is 0 Å². The molecule has 0 spiro atoms. The van der Waals surface area contributed by atoms with Crippen molar-refractivity contribution in [3.8, 4) is 5.75 Å². The summed E-state index contributed by atoms with van der Waals surface area (Å²) in [5.74, 6) is 0.367. The zero-order valence-corrected chi connectivity index (χ0v) is 13.6. The SMILES string of the molecule is COc1cccc(C(=O)Nc2ccc3c(c2)NC(=O)C(C)S3)c1. The molecule has 1 heterocycles. The summed E-state index contributed by atoms with van der Waals surface area (Å²) in [6.45, 7) is 1.86. The number of rotatable bonds is 3. The normalized spacial score (nSPS) is 16.3. The number of amides is 2. The minimum absolute atomic E-state index is 0.0289. The molecule has 2 N–H and O–H groups in total. The molecule has 3 rings (SSSR count). The second-order valence-electron chi connectivity index (χ2n) is 5.15. The lowest BCUT2D eigenvalue weighted by atomic mass is 10.2. The van der Waals surface area contributed by atoms with Crippen LogP contribution in [0.3, 0.4) is 0 Å². The van der Waals surface area contributed by atoms with Crippen LogP contribution in [0.1, 0.15) is 17.3 Å². The molecule has 1 unspecified atom stereocenters. The van der Waals surface area contributed by atoms with Crippen LogP contribution in [-0.2, 0) is 4.79 Å². The standard InChI is InChI=1S/C17H16N2O3S/c1-10-16(20)19-14-9-12(6-7-15(14)23-10)18-17(21)11-4-3-5-13(8-11)22-2/h3-10H,1-2H3,(H,18,21)(H,19,20). The summed E-state index contributed by atoms with van der Waals surface area (Å²) in [6.07, 6.45) is 0. The zero-order valence-electron chi connectivity index (χ0n) is 12.8. The van der Waals surface area contributed by atoms with Crippen molar-refractivity contribution in [3.05, 3.63) is 48.0 Å². The second-order valence-corrected chi connectivity index (χ2v) is 6.53. The van der Waals surface area contributed by atoms with E-state index in [0.29, 0.717) is 17.0 Å². The molecule has 0 aromatic heterocycles. The number of ether oxygens (including phenoxy) is 1. The van der Waals surface area contributed by atoms with E-state index < -0.39 is 0 Å². The number of methoxy groups -OCH3 is 1. The summed E-state index contributed by atoms with van der Waals surface area (Å²) in [7, 11) is 1.56. The van der Waals surface area contributed by atoms with E-state index in [2.05, 4.69) is 10.6 Å². The molecule has 0 bridgehead atoms. The fourth-order valence-corrected chi connectivity index (χ4v) is 3.18. The van der Waals surface area contributed by atoms with Crippen molar-refractivity contribution in [2.75, 3.05) is 17.7 Å². The Morgan fingerprint density at radius 1 is 1.26 bits per heavy atom. The first kappa shape index (κ1) is 15.4. The first-order valence-electron chi connectivity index (χ1n) is 7.14. The van der Waals surface area contributed by atoms with Gasteiger partial charge in [-0.3, -0.25) is 9.59 Å². The molecule has 0 saturated carbocycles. The maximum atomic E-state index is 12.3. The molecule has 1 aliphatic heterocycles. The molecular formula is C17H16N2O3S. The van der Waals surface area contributed by atoms with Crippen molar-refractivity contribution < 1.29 is 14.3 Å². The van der Waals surface area contributed by atoms with Gasteiger partial charge < -0.3 is 15.4 Å². The van der Waals surface area contributed by atoms with Gasteiger partial charge in [-0.05, 0) is 43.3 Å². The molecule has 2 aromatic rings. The predicted octanol–water partition coefficient (Wildman–Crippen LogP) is 3.38. The highest BCUT2D eigenvalue weighted by Gasteiger charge is 2.23. The average molecular weight is 328 g/mol. The van der Waals surface area contributed by atoms with Gasteiger partial charge in [0.1, 0.15) is 5.75 Å². The van der Waals surface area contributed by atoms with E-state index in [1.54, 1.807) is 37.4 Å². The van der Waals surface area contributed by atoms with Gasteiger partial charge in [0.25, 0.3) is 5.91 Å². The van der Waals surface area contributed by atoms with Crippen LogP contribution < -0.4 is 15.4 Å². The van der Waals surface area contributed by atoms with Gasteiger partial charge in [-0.15, -0.1) is 11.8 Å². The lowest BCUT2D eigenvalue weighted by Gasteiger charge is -2.22. The first-order chi connectivity index (χ1) is 11.1. The van der Waals surface area contributed by atoms with Gasteiger partial charge in [0.05, 0.1) is 18.0 Å². The quantitative estimate of drug-likeness (QED) is 0.906. The Morgan fingerprint density at radius 2 is 2.09 bits per heavy atom. The van der Waals surface area contributed by atoms with Gasteiger partial charge in [0, 0.05) is 16.1 Å². The molecule has 0 radical (unpaired) electrons. The molecule has 5 nitrogen and oxygen atoms in total. The van der Waals surface area contributed by atoms with Crippen molar-refractivity contribution >= 4 is 35.0 Å². The number of fused-ring (bicyclic) bond motifs is 1. The molecule has 2 amide bonds. The monoisotopic (exact) mass is 328 g/mol. The first-order valence-corrected chi connectivity index (χ1v) is 8.02. The van der Waals surface area contributed by atoms with E-state index in [1.807, 2.05) is 19.1 Å². The summed E-state index contributed by atoms with van der Waals surface area (Å²) in [4.78, 5) is 25.1. The topological polar surface area (TPSA) is 67.4 Å². The van der Waals surface area contributed by atoms with Crippen LogP contribution in [0.4, 0.5) is 11.4 Å². The van der Waals surface area contributed by atoms with E-state index >= 15 is 0 Å². The van der Waals surface area contributed by atoms with Gasteiger partial charge in [0.2, 0.25) is 5.91 Å². The number of nitrogens with one attached hydrogen (secondary N) is 2. The van der Waals surface area contributed by atoms with Crippen LogP contribution in [-0.4, -0.2) is 24.2 Å². The minimum atomic E-state index is -0.230. The number of thioether (sulfide) groups is 1. The zero-order chi connectivity index (χ0) is 16.4.